The molecule has 0 saturated heterocycles. The number of nitrogens with zero attached hydrogens (tertiary/aromatic N) is 1. The smallest absolute Gasteiger partial charge is 0.426 e. The first-order valence-electron chi connectivity index (χ1n) is 8.32. The first-order valence-corrected chi connectivity index (χ1v) is 8.32. The van der Waals surface area contributed by atoms with E-state index in [0.717, 1.165) is 16.7 Å². The van der Waals surface area contributed by atoms with Gasteiger partial charge in [-0.1, -0.05) is 30.3 Å². The Kier molecular flexibility index (Phi) is 7.86. The Bertz CT molecular complexity index is 646. The largest absolute Gasteiger partial charge is 0.475 e. The molecule has 6 nitrogen and oxygen atoms in total. The van der Waals surface area contributed by atoms with Gasteiger partial charge >= 0.3 is 7.12 Å². The number of rotatable bonds is 8. The number of likely N-dealkylation sites (N-methyl/N-ethyl adjacent to an activating group) is 1. The maximum atomic E-state index is 12.2. The number of nitrogens with one attached hydrogen (secondary N) is 1. The third-order valence-electron chi connectivity index (χ3n) is 4.01. The Morgan fingerprint density at radius 1 is 1.32 bits per heavy atom. The van der Waals surface area contributed by atoms with Gasteiger partial charge in [-0.05, 0) is 45.2 Å². The summed E-state index contributed by atoms with van der Waals surface area (Å²) in [5.74, 6) is -1.60. The molecular weight excluding hydrogens is 319 g/mol. The van der Waals surface area contributed by atoms with Crippen molar-refractivity contribution in [2.45, 2.75) is 40.1 Å². The molecule has 2 amide bonds. The van der Waals surface area contributed by atoms with Gasteiger partial charge in [0.15, 0.2) is 0 Å². The van der Waals surface area contributed by atoms with Gasteiger partial charge in [-0.15, -0.1) is 0 Å². The Morgan fingerprint density at radius 3 is 2.44 bits per heavy atom. The molecular formula is C18H27BN2O4. The number of hydrogen-bond acceptors (Lipinski definition) is 4. The summed E-state index contributed by atoms with van der Waals surface area (Å²) in [6.45, 7) is 11.1. The highest BCUT2D eigenvalue weighted by Gasteiger charge is 2.27. The summed E-state index contributed by atoms with van der Waals surface area (Å²) in [7, 11) is -1.70. The monoisotopic (exact) mass is 346 g/mol. The number of carbonyl (C=O) groups is 2. The predicted octanol–water partition coefficient (Wildman–Crippen LogP) is 0.767. The third-order valence-corrected chi connectivity index (χ3v) is 4.01. The number of carbonyl (C=O) groups excluding carboxylic acids is 2. The van der Waals surface area contributed by atoms with Crippen LogP contribution in [0.4, 0.5) is 0 Å². The van der Waals surface area contributed by atoms with Gasteiger partial charge in [0.05, 0.1) is 12.5 Å². The number of aryl methyl sites for hydroxylation is 2. The van der Waals surface area contributed by atoms with E-state index < -0.39 is 19.0 Å². The summed E-state index contributed by atoms with van der Waals surface area (Å²) in [5.41, 5.74) is 3.41. The Balaban J connectivity index is 2.78. The van der Waals surface area contributed by atoms with Crippen LogP contribution in [0.5, 0.6) is 0 Å². The summed E-state index contributed by atoms with van der Waals surface area (Å²) in [4.78, 5) is 25.5. The van der Waals surface area contributed by atoms with Crippen LogP contribution in [0.15, 0.2) is 30.4 Å². The first kappa shape index (κ1) is 20.9. The molecule has 0 radical (unpaired) electrons. The van der Waals surface area contributed by atoms with E-state index in [1.807, 2.05) is 32.0 Å². The topological polar surface area (TPSA) is 89.9 Å². The van der Waals surface area contributed by atoms with Crippen LogP contribution in [0.3, 0.4) is 0 Å². The second-order valence-electron chi connectivity index (χ2n) is 6.32. The number of hydrogen-bond donors (Lipinski definition) is 3. The average molecular weight is 346 g/mol. The van der Waals surface area contributed by atoms with Crippen molar-refractivity contribution in [2.75, 3.05) is 13.1 Å². The number of benzene rings is 1. The zero-order valence-corrected chi connectivity index (χ0v) is 15.4. The summed E-state index contributed by atoms with van der Waals surface area (Å²) in [6, 6.07) is 5.85. The lowest BCUT2D eigenvalue weighted by Crippen LogP contribution is -2.51. The molecule has 0 saturated carbocycles. The van der Waals surface area contributed by atoms with Gasteiger partial charge in [0.2, 0.25) is 11.8 Å². The van der Waals surface area contributed by atoms with Gasteiger partial charge in [0, 0.05) is 12.1 Å². The van der Waals surface area contributed by atoms with Crippen LogP contribution in [0.25, 0.3) is 0 Å². The van der Waals surface area contributed by atoms with E-state index >= 15 is 0 Å². The molecule has 0 aliphatic carbocycles. The molecule has 1 aromatic rings. The van der Waals surface area contributed by atoms with Crippen LogP contribution in [-0.2, 0) is 16.0 Å². The molecule has 7 heteroatoms. The maximum absolute atomic E-state index is 12.2. The fourth-order valence-electron chi connectivity index (χ4n) is 2.57. The van der Waals surface area contributed by atoms with Gasteiger partial charge in [0.25, 0.3) is 0 Å². The lowest BCUT2D eigenvalue weighted by Gasteiger charge is -2.23. The normalized spacial score (nSPS) is 11.6. The van der Waals surface area contributed by atoms with E-state index in [1.54, 1.807) is 13.8 Å². The van der Waals surface area contributed by atoms with Crippen LogP contribution in [0.1, 0.15) is 30.5 Å². The predicted molar refractivity (Wildman–Crippen MR) is 98.8 cm³/mol. The molecule has 0 aliphatic rings. The molecule has 1 aromatic carbocycles. The van der Waals surface area contributed by atoms with E-state index in [9.17, 15) is 19.6 Å². The van der Waals surface area contributed by atoms with Gasteiger partial charge in [-0.2, -0.15) is 0 Å². The average Bonchev–Trinajstić information content (AvgIpc) is 2.53. The highest BCUT2D eigenvalue weighted by Crippen LogP contribution is 2.13. The zero-order valence-electron chi connectivity index (χ0n) is 15.4. The van der Waals surface area contributed by atoms with Crippen LogP contribution in [-0.4, -0.2) is 52.9 Å². The van der Waals surface area contributed by atoms with E-state index in [0.29, 0.717) is 12.1 Å². The minimum absolute atomic E-state index is 0.154. The van der Waals surface area contributed by atoms with Gasteiger partial charge in [-0.25, -0.2) is 0 Å². The molecule has 136 valence electrons. The molecule has 1 atom stereocenters. The van der Waals surface area contributed by atoms with Crippen molar-refractivity contribution >= 4 is 18.9 Å². The van der Waals surface area contributed by atoms with E-state index in [1.165, 1.54) is 4.90 Å². The Labute approximate surface area is 149 Å². The summed E-state index contributed by atoms with van der Waals surface area (Å²) < 4.78 is 0. The van der Waals surface area contributed by atoms with Gasteiger partial charge in [0.1, 0.15) is 0 Å². The van der Waals surface area contributed by atoms with Crippen LogP contribution in [0.2, 0.25) is 0 Å². The van der Waals surface area contributed by atoms with Crippen molar-refractivity contribution in [3.05, 3.63) is 47.0 Å². The molecule has 25 heavy (non-hydrogen) atoms. The molecule has 3 N–H and O–H groups in total. The lowest BCUT2D eigenvalue weighted by atomic mass is 9.75. The highest BCUT2D eigenvalue weighted by molar-refractivity contribution is 6.43. The highest BCUT2D eigenvalue weighted by atomic mass is 16.4. The fraction of sp³-hybridized carbons (Fsp3) is 0.444. The quantitative estimate of drug-likeness (QED) is 0.479. The molecule has 0 aliphatic heterocycles. The lowest BCUT2D eigenvalue weighted by molar-refractivity contribution is -0.133. The first-order chi connectivity index (χ1) is 11.6. The minimum Gasteiger partial charge on any atom is -0.426 e. The van der Waals surface area contributed by atoms with Crippen LogP contribution < -0.4 is 5.32 Å². The van der Waals surface area contributed by atoms with Crippen molar-refractivity contribution < 1.29 is 19.6 Å². The Hall–Kier alpha value is -2.12. The zero-order chi connectivity index (χ0) is 19.1. The van der Waals surface area contributed by atoms with Gasteiger partial charge in [-0.3, -0.25) is 9.59 Å². The molecule has 0 fully saturated rings. The fourth-order valence-corrected chi connectivity index (χ4v) is 2.57. The molecule has 0 heterocycles. The van der Waals surface area contributed by atoms with Crippen molar-refractivity contribution in [3.63, 3.8) is 0 Å². The second kappa shape index (κ2) is 9.39. The maximum Gasteiger partial charge on any atom is 0.475 e. The van der Waals surface area contributed by atoms with Crippen molar-refractivity contribution in [1.82, 2.24) is 10.2 Å². The third kappa shape index (κ3) is 6.36. The minimum atomic E-state index is -1.70. The SMILES string of the molecule is C=C(C)C(=O)N(CC)CC(=O)N[C@@H](Cc1ccc(C)cc1C)B(O)O. The summed E-state index contributed by atoms with van der Waals surface area (Å²) in [6.07, 6.45) is 0.288. The standard InChI is InChI=1S/C18H27BN2O4/c1-6-21(18(23)12(2)3)11-17(22)20-16(19(24)25)10-15-8-7-13(4)9-14(15)5/h7-9,16,24-25H,2,6,10-11H2,1,3-5H3,(H,20,22)/t16-/m0/s1. The molecule has 0 aromatic heterocycles. The van der Waals surface area contributed by atoms with Crippen LogP contribution in [0, 0.1) is 13.8 Å². The molecule has 0 unspecified atom stereocenters. The summed E-state index contributed by atoms with van der Waals surface area (Å²) in [5, 5.41) is 21.8. The molecule has 0 bridgehead atoms. The number of amides is 2. The summed E-state index contributed by atoms with van der Waals surface area (Å²) >= 11 is 0. The van der Waals surface area contributed by atoms with E-state index in [2.05, 4.69) is 11.9 Å². The van der Waals surface area contributed by atoms with Crippen LogP contribution >= 0.6 is 0 Å². The van der Waals surface area contributed by atoms with Crippen molar-refractivity contribution in [1.29, 1.82) is 0 Å². The van der Waals surface area contributed by atoms with E-state index in [4.69, 9.17) is 0 Å². The van der Waals surface area contributed by atoms with Gasteiger partial charge < -0.3 is 20.3 Å². The second-order valence-corrected chi connectivity index (χ2v) is 6.32. The molecule has 1 rings (SSSR count). The Morgan fingerprint density at radius 2 is 1.96 bits per heavy atom. The van der Waals surface area contributed by atoms with Crippen molar-refractivity contribution in [3.8, 4) is 0 Å². The van der Waals surface area contributed by atoms with Crippen molar-refractivity contribution in [2.24, 2.45) is 0 Å². The molecule has 0 spiro atoms. The van der Waals surface area contributed by atoms with E-state index in [-0.39, 0.29) is 18.9 Å².